The number of aliphatic carboxylic acids is 1. The summed E-state index contributed by atoms with van der Waals surface area (Å²) in [6.07, 6.45) is 5.68. The lowest BCUT2D eigenvalue weighted by atomic mass is 9.80. The number of nitrogens with one attached hydrogen (secondary N) is 1. The molecule has 2 aromatic heterocycles. The largest absolute Gasteiger partial charge is 0.481 e. The number of hydrogen-bond acceptors (Lipinski definition) is 5. The molecule has 1 fully saturated rings. The minimum Gasteiger partial charge on any atom is -0.481 e. The molecule has 8 heteroatoms. The smallest absolute Gasteiger partial charge is 0.311 e. The van der Waals surface area contributed by atoms with Gasteiger partial charge in [-0.05, 0) is 31.0 Å². The average molecular weight is 330 g/mol. The van der Waals surface area contributed by atoms with Gasteiger partial charge in [0, 0.05) is 38.3 Å². The van der Waals surface area contributed by atoms with Crippen molar-refractivity contribution in [2.45, 2.75) is 12.8 Å². The first-order valence-corrected chi connectivity index (χ1v) is 7.66. The molecule has 0 bridgehead atoms. The number of carboxylic acid groups (broad SMARTS) is 1. The number of ether oxygens (including phenoxy) is 1. The molecule has 2 N–H and O–H groups in total. The molecule has 3 rings (SSSR count). The molecular weight excluding hydrogens is 312 g/mol. The van der Waals surface area contributed by atoms with Gasteiger partial charge in [0.05, 0.1) is 11.1 Å². The zero-order valence-electron chi connectivity index (χ0n) is 13.0. The zero-order valence-corrected chi connectivity index (χ0v) is 13.0. The summed E-state index contributed by atoms with van der Waals surface area (Å²) in [5.41, 5.74) is -0.0530. The Morgan fingerprint density at radius 1 is 1.33 bits per heavy atom. The molecule has 1 amide bonds. The normalized spacial score (nSPS) is 16.5. The SMILES string of the molecule is O=C(NCC1(C(=O)O)CCOCC1)c1cc(-n2cccn2)ccn1. The van der Waals surface area contributed by atoms with Gasteiger partial charge in [0.1, 0.15) is 5.69 Å². The van der Waals surface area contributed by atoms with Gasteiger partial charge in [-0.25, -0.2) is 4.68 Å². The summed E-state index contributed by atoms with van der Waals surface area (Å²) >= 11 is 0. The third-order valence-electron chi connectivity index (χ3n) is 4.24. The lowest BCUT2D eigenvalue weighted by Gasteiger charge is -2.33. The van der Waals surface area contributed by atoms with Gasteiger partial charge in [-0.15, -0.1) is 0 Å². The van der Waals surface area contributed by atoms with Gasteiger partial charge < -0.3 is 15.2 Å². The van der Waals surface area contributed by atoms with Crippen LogP contribution in [0.2, 0.25) is 0 Å². The van der Waals surface area contributed by atoms with Crippen LogP contribution in [-0.2, 0) is 9.53 Å². The van der Waals surface area contributed by atoms with Crippen LogP contribution in [0.3, 0.4) is 0 Å². The number of pyridine rings is 1. The molecule has 0 radical (unpaired) electrons. The summed E-state index contributed by atoms with van der Waals surface area (Å²) in [5, 5.41) is 16.3. The Morgan fingerprint density at radius 2 is 2.12 bits per heavy atom. The lowest BCUT2D eigenvalue weighted by molar-refractivity contribution is -0.154. The number of carbonyl (C=O) groups is 2. The maximum absolute atomic E-state index is 12.3. The fourth-order valence-corrected chi connectivity index (χ4v) is 2.68. The maximum atomic E-state index is 12.3. The lowest BCUT2D eigenvalue weighted by Crippen LogP contribution is -2.46. The van der Waals surface area contributed by atoms with Crippen molar-refractivity contribution in [3.05, 3.63) is 42.5 Å². The number of hydrogen-bond donors (Lipinski definition) is 2. The topological polar surface area (TPSA) is 106 Å². The van der Waals surface area contributed by atoms with Crippen LogP contribution in [0.5, 0.6) is 0 Å². The average Bonchev–Trinajstić information content (AvgIpc) is 3.15. The number of carboxylic acids is 1. The van der Waals surface area contributed by atoms with Crippen molar-refractivity contribution in [1.29, 1.82) is 0 Å². The highest BCUT2D eigenvalue weighted by Gasteiger charge is 2.40. The van der Waals surface area contributed by atoms with E-state index in [-0.39, 0.29) is 12.2 Å². The van der Waals surface area contributed by atoms with Gasteiger partial charge >= 0.3 is 5.97 Å². The van der Waals surface area contributed by atoms with Crippen molar-refractivity contribution in [2.24, 2.45) is 5.41 Å². The molecule has 0 atom stereocenters. The Hall–Kier alpha value is -2.74. The highest BCUT2D eigenvalue weighted by Crippen LogP contribution is 2.30. The van der Waals surface area contributed by atoms with E-state index in [9.17, 15) is 14.7 Å². The first-order chi connectivity index (χ1) is 11.6. The molecule has 24 heavy (non-hydrogen) atoms. The third kappa shape index (κ3) is 3.28. The van der Waals surface area contributed by atoms with E-state index in [0.717, 1.165) is 0 Å². The van der Waals surface area contributed by atoms with Crippen LogP contribution in [0.1, 0.15) is 23.3 Å². The number of aromatic nitrogens is 3. The van der Waals surface area contributed by atoms with E-state index in [0.29, 0.717) is 31.7 Å². The van der Waals surface area contributed by atoms with Gasteiger partial charge in [-0.2, -0.15) is 5.10 Å². The third-order valence-corrected chi connectivity index (χ3v) is 4.24. The number of nitrogens with zero attached hydrogens (tertiary/aromatic N) is 3. The molecule has 126 valence electrons. The number of amides is 1. The summed E-state index contributed by atoms with van der Waals surface area (Å²) in [5.74, 6) is -1.32. The van der Waals surface area contributed by atoms with Gasteiger partial charge in [0.25, 0.3) is 5.91 Å². The zero-order chi connectivity index (χ0) is 17.0. The van der Waals surface area contributed by atoms with Crippen LogP contribution in [-0.4, -0.2) is 51.5 Å². The standard InChI is InChI=1S/C16H18N4O4/c21-14(18-11-16(15(22)23)3-8-24-9-4-16)13-10-12(2-6-17-13)20-7-1-5-19-20/h1-2,5-7,10H,3-4,8-9,11H2,(H,18,21)(H,22,23). The van der Waals surface area contributed by atoms with Crippen LogP contribution < -0.4 is 5.32 Å². The minimum absolute atomic E-state index is 0.0538. The summed E-state index contributed by atoms with van der Waals surface area (Å²) in [6.45, 7) is 0.822. The van der Waals surface area contributed by atoms with Gasteiger partial charge in [0.2, 0.25) is 0 Å². The highest BCUT2D eigenvalue weighted by molar-refractivity contribution is 5.93. The molecule has 3 heterocycles. The van der Waals surface area contributed by atoms with E-state index in [1.54, 1.807) is 35.3 Å². The van der Waals surface area contributed by atoms with Crippen LogP contribution in [0.25, 0.3) is 5.69 Å². The molecule has 0 unspecified atom stereocenters. The fourth-order valence-electron chi connectivity index (χ4n) is 2.68. The quantitative estimate of drug-likeness (QED) is 0.843. The van der Waals surface area contributed by atoms with E-state index in [4.69, 9.17) is 4.74 Å². The Balaban J connectivity index is 1.71. The molecule has 2 aromatic rings. The van der Waals surface area contributed by atoms with Crippen molar-refractivity contribution < 1.29 is 19.4 Å². The second-order valence-electron chi connectivity index (χ2n) is 5.73. The molecule has 0 aromatic carbocycles. The molecule has 1 aliphatic rings. The van der Waals surface area contributed by atoms with E-state index in [1.807, 2.05) is 0 Å². The predicted octanol–water partition coefficient (Wildman–Crippen LogP) is 0.878. The van der Waals surface area contributed by atoms with Crippen LogP contribution in [0, 0.1) is 5.41 Å². The van der Waals surface area contributed by atoms with Crippen molar-refractivity contribution in [1.82, 2.24) is 20.1 Å². The highest BCUT2D eigenvalue weighted by atomic mass is 16.5. The summed E-state index contributed by atoms with van der Waals surface area (Å²) < 4.78 is 6.85. The summed E-state index contributed by atoms with van der Waals surface area (Å²) in [6, 6.07) is 5.13. The van der Waals surface area contributed by atoms with Gasteiger partial charge in [-0.3, -0.25) is 14.6 Å². The fraction of sp³-hybridized carbons (Fsp3) is 0.375. The first-order valence-electron chi connectivity index (χ1n) is 7.66. The monoisotopic (exact) mass is 330 g/mol. The van der Waals surface area contributed by atoms with Gasteiger partial charge in [-0.1, -0.05) is 0 Å². The summed E-state index contributed by atoms with van der Waals surface area (Å²) in [7, 11) is 0. The Morgan fingerprint density at radius 3 is 2.79 bits per heavy atom. The molecule has 0 aliphatic carbocycles. The predicted molar refractivity (Wildman–Crippen MR) is 83.8 cm³/mol. The van der Waals surface area contributed by atoms with Crippen LogP contribution >= 0.6 is 0 Å². The second kappa shape index (κ2) is 6.79. The summed E-state index contributed by atoms with van der Waals surface area (Å²) in [4.78, 5) is 28.0. The first kappa shape index (κ1) is 16.1. The number of carbonyl (C=O) groups excluding carboxylic acids is 1. The maximum Gasteiger partial charge on any atom is 0.311 e. The van der Waals surface area contributed by atoms with E-state index in [2.05, 4.69) is 15.4 Å². The molecule has 1 aliphatic heterocycles. The molecule has 0 saturated carbocycles. The van der Waals surface area contributed by atoms with Crippen molar-refractivity contribution in [3.63, 3.8) is 0 Å². The molecule has 1 saturated heterocycles. The van der Waals surface area contributed by atoms with Crippen molar-refractivity contribution in [3.8, 4) is 5.69 Å². The van der Waals surface area contributed by atoms with Gasteiger partial charge in [0.15, 0.2) is 0 Å². The van der Waals surface area contributed by atoms with Crippen LogP contribution in [0.15, 0.2) is 36.8 Å². The molecular formula is C16H18N4O4. The van der Waals surface area contributed by atoms with Crippen molar-refractivity contribution >= 4 is 11.9 Å². The Bertz CT molecular complexity index is 723. The Labute approximate surface area is 138 Å². The minimum atomic E-state index is -0.979. The van der Waals surface area contributed by atoms with Crippen molar-refractivity contribution in [2.75, 3.05) is 19.8 Å². The van der Waals surface area contributed by atoms with E-state index >= 15 is 0 Å². The Kier molecular flexibility index (Phi) is 4.57. The van der Waals surface area contributed by atoms with E-state index < -0.39 is 17.3 Å². The number of rotatable bonds is 5. The van der Waals surface area contributed by atoms with E-state index in [1.165, 1.54) is 6.20 Å². The molecule has 0 spiro atoms. The van der Waals surface area contributed by atoms with Crippen LogP contribution in [0.4, 0.5) is 0 Å². The second-order valence-corrected chi connectivity index (χ2v) is 5.73. The molecule has 8 nitrogen and oxygen atoms in total.